The van der Waals surface area contributed by atoms with E-state index in [1.165, 1.54) is 39.3 Å². The van der Waals surface area contributed by atoms with Crippen molar-refractivity contribution in [1.29, 1.82) is 0 Å². The number of hydrogen-bond acceptors (Lipinski definition) is 8. The lowest BCUT2D eigenvalue weighted by Gasteiger charge is -2.44. The molecule has 0 aromatic heterocycles. The average Bonchev–Trinajstić information content (AvgIpc) is 2.93. The standard InChI is InChI=1S/C31H34N2O8/c1-5-41-25-16-18(14-15-21(25)34)26-27(29(36)32-19-10-6-8-12-23(19)39-3)22(35)17-31(2,38)28(26)30(37)33-20-11-7-9-13-24(20)40-4/h6-16,26-28,34,38H,5,17H2,1-4H3,(H,32,36)(H,33,37). The summed E-state index contributed by atoms with van der Waals surface area (Å²) in [7, 11) is 2.92. The van der Waals surface area contributed by atoms with Gasteiger partial charge >= 0.3 is 0 Å². The van der Waals surface area contributed by atoms with Crippen LogP contribution in [0.5, 0.6) is 23.0 Å². The van der Waals surface area contributed by atoms with Crippen LogP contribution < -0.4 is 24.8 Å². The molecule has 0 aliphatic heterocycles. The lowest BCUT2D eigenvalue weighted by molar-refractivity contribution is -0.150. The molecule has 0 bridgehead atoms. The lowest BCUT2D eigenvalue weighted by atomic mass is 9.61. The molecule has 1 aliphatic rings. The zero-order valence-electron chi connectivity index (χ0n) is 23.3. The highest BCUT2D eigenvalue weighted by molar-refractivity contribution is 6.11. The molecule has 4 rings (SSSR count). The van der Waals surface area contributed by atoms with Gasteiger partial charge in [-0.15, -0.1) is 0 Å². The van der Waals surface area contributed by atoms with Gasteiger partial charge in [-0.2, -0.15) is 0 Å². The first kappa shape index (κ1) is 29.4. The Balaban J connectivity index is 1.83. The number of hydrogen-bond donors (Lipinski definition) is 4. The van der Waals surface area contributed by atoms with E-state index in [2.05, 4.69) is 10.6 Å². The van der Waals surface area contributed by atoms with Crippen LogP contribution in [0.1, 0.15) is 31.7 Å². The summed E-state index contributed by atoms with van der Waals surface area (Å²) < 4.78 is 16.3. The number of benzene rings is 3. The second-order valence-corrected chi connectivity index (χ2v) is 10.0. The molecule has 0 spiro atoms. The summed E-state index contributed by atoms with van der Waals surface area (Å²) in [5.41, 5.74) is -0.750. The van der Waals surface area contributed by atoms with Crippen LogP contribution in [0.3, 0.4) is 0 Å². The first-order valence-corrected chi connectivity index (χ1v) is 13.2. The molecule has 4 atom stereocenters. The Labute approximate surface area is 238 Å². The second-order valence-electron chi connectivity index (χ2n) is 10.0. The number of ether oxygens (including phenoxy) is 3. The van der Waals surface area contributed by atoms with Gasteiger partial charge in [-0.05, 0) is 55.8 Å². The van der Waals surface area contributed by atoms with Crippen molar-refractivity contribution in [3.63, 3.8) is 0 Å². The van der Waals surface area contributed by atoms with E-state index in [9.17, 15) is 24.6 Å². The minimum absolute atomic E-state index is 0.121. The second kappa shape index (κ2) is 12.3. The van der Waals surface area contributed by atoms with Crippen LogP contribution in [0.25, 0.3) is 0 Å². The van der Waals surface area contributed by atoms with E-state index < -0.39 is 47.4 Å². The number of phenols is 1. The number of anilines is 2. The molecule has 41 heavy (non-hydrogen) atoms. The van der Waals surface area contributed by atoms with Gasteiger partial charge in [-0.1, -0.05) is 30.3 Å². The van der Waals surface area contributed by atoms with Crippen LogP contribution in [0.2, 0.25) is 0 Å². The zero-order chi connectivity index (χ0) is 29.7. The minimum atomic E-state index is -1.82. The zero-order valence-corrected chi connectivity index (χ0v) is 23.3. The van der Waals surface area contributed by atoms with Gasteiger partial charge in [0.05, 0.1) is 43.7 Å². The number of nitrogens with one attached hydrogen (secondary N) is 2. The molecule has 2 amide bonds. The van der Waals surface area contributed by atoms with Crippen molar-refractivity contribution in [3.05, 3.63) is 72.3 Å². The first-order valence-electron chi connectivity index (χ1n) is 13.2. The predicted octanol–water partition coefficient (Wildman–Crippen LogP) is 4.13. The number of aliphatic hydroxyl groups is 1. The molecule has 10 heteroatoms. The number of carbonyl (C=O) groups excluding carboxylic acids is 3. The number of Topliss-reactive ketones (excluding diaryl/α,β-unsaturated/α-hetero) is 1. The predicted molar refractivity (Wildman–Crippen MR) is 152 cm³/mol. The van der Waals surface area contributed by atoms with Crippen molar-refractivity contribution >= 4 is 29.0 Å². The molecule has 10 nitrogen and oxygen atoms in total. The summed E-state index contributed by atoms with van der Waals surface area (Å²) in [6.07, 6.45) is -0.437. The highest BCUT2D eigenvalue weighted by atomic mass is 16.5. The summed E-state index contributed by atoms with van der Waals surface area (Å²) in [5.74, 6) is -4.82. The number of phenolic OH excluding ortho intramolecular Hbond substituents is 1. The fraction of sp³-hybridized carbons (Fsp3) is 0.323. The van der Waals surface area contributed by atoms with Crippen LogP contribution in [0.4, 0.5) is 11.4 Å². The maximum Gasteiger partial charge on any atom is 0.235 e. The molecule has 1 saturated carbocycles. The molecule has 3 aromatic carbocycles. The quantitative estimate of drug-likeness (QED) is 0.285. The van der Waals surface area contributed by atoms with E-state index in [0.717, 1.165) is 0 Å². The van der Waals surface area contributed by atoms with E-state index in [-0.39, 0.29) is 18.1 Å². The highest BCUT2D eigenvalue weighted by Crippen LogP contribution is 2.48. The first-order chi connectivity index (χ1) is 19.6. The summed E-state index contributed by atoms with van der Waals surface area (Å²) in [5, 5.41) is 27.5. The molecular weight excluding hydrogens is 528 g/mol. The minimum Gasteiger partial charge on any atom is -0.504 e. The Morgan fingerprint density at radius 2 is 1.46 bits per heavy atom. The molecule has 1 fully saturated rings. The van der Waals surface area contributed by atoms with Crippen LogP contribution in [-0.4, -0.2) is 54.2 Å². The third-order valence-electron chi connectivity index (χ3n) is 7.23. The fourth-order valence-corrected chi connectivity index (χ4v) is 5.42. The molecule has 0 radical (unpaired) electrons. The van der Waals surface area contributed by atoms with Crippen LogP contribution in [0, 0.1) is 11.8 Å². The van der Waals surface area contributed by atoms with Crippen LogP contribution in [0.15, 0.2) is 66.7 Å². The summed E-state index contributed by atoms with van der Waals surface area (Å²) >= 11 is 0. The van der Waals surface area contributed by atoms with Gasteiger partial charge in [0.2, 0.25) is 11.8 Å². The van der Waals surface area contributed by atoms with Gasteiger partial charge in [-0.3, -0.25) is 14.4 Å². The fourth-order valence-electron chi connectivity index (χ4n) is 5.42. The summed E-state index contributed by atoms with van der Waals surface area (Å²) in [6, 6.07) is 17.9. The molecular formula is C31H34N2O8. The normalized spacial score (nSPS) is 22.0. The van der Waals surface area contributed by atoms with Gasteiger partial charge in [0.15, 0.2) is 11.5 Å². The Morgan fingerprint density at radius 1 is 0.902 bits per heavy atom. The lowest BCUT2D eigenvalue weighted by Crippen LogP contribution is -2.56. The smallest absolute Gasteiger partial charge is 0.235 e. The average molecular weight is 563 g/mol. The van der Waals surface area contributed by atoms with E-state index in [4.69, 9.17) is 14.2 Å². The van der Waals surface area contributed by atoms with Gasteiger partial charge in [0, 0.05) is 12.3 Å². The SMILES string of the molecule is CCOc1cc(C2C(C(=O)Nc3ccccc3OC)C(=O)CC(C)(O)C2C(=O)Nc2ccccc2OC)ccc1O. The van der Waals surface area contributed by atoms with Crippen molar-refractivity contribution < 1.29 is 38.8 Å². The maximum absolute atomic E-state index is 14.0. The molecule has 0 heterocycles. The summed E-state index contributed by atoms with van der Waals surface area (Å²) in [4.78, 5) is 41.4. The number of rotatable bonds is 9. The van der Waals surface area contributed by atoms with Gasteiger partial charge in [-0.25, -0.2) is 0 Å². The highest BCUT2D eigenvalue weighted by Gasteiger charge is 2.56. The topological polar surface area (TPSA) is 143 Å². The molecule has 3 aromatic rings. The van der Waals surface area contributed by atoms with Gasteiger partial charge in [0.1, 0.15) is 23.2 Å². The van der Waals surface area contributed by atoms with Crippen molar-refractivity contribution in [2.75, 3.05) is 31.5 Å². The third-order valence-corrected chi connectivity index (χ3v) is 7.23. The van der Waals surface area contributed by atoms with E-state index >= 15 is 0 Å². The van der Waals surface area contributed by atoms with Crippen molar-refractivity contribution in [2.24, 2.45) is 11.8 Å². The van der Waals surface area contributed by atoms with Crippen molar-refractivity contribution in [3.8, 4) is 23.0 Å². The van der Waals surface area contributed by atoms with E-state index in [1.807, 2.05) is 0 Å². The molecule has 1 aliphatic carbocycles. The Hall–Kier alpha value is -4.57. The van der Waals surface area contributed by atoms with Crippen molar-refractivity contribution in [2.45, 2.75) is 31.8 Å². The molecule has 0 saturated heterocycles. The number of methoxy groups -OCH3 is 2. The largest absolute Gasteiger partial charge is 0.504 e. The van der Waals surface area contributed by atoms with Gasteiger partial charge in [0.25, 0.3) is 0 Å². The Morgan fingerprint density at radius 3 is 2.02 bits per heavy atom. The number of ketones is 1. The number of aromatic hydroxyl groups is 1. The van der Waals surface area contributed by atoms with Crippen molar-refractivity contribution in [1.82, 2.24) is 0 Å². The number of para-hydroxylation sites is 4. The Bertz CT molecular complexity index is 1440. The van der Waals surface area contributed by atoms with E-state index in [1.54, 1.807) is 55.5 Å². The third kappa shape index (κ3) is 6.12. The molecule has 216 valence electrons. The summed E-state index contributed by atoms with van der Waals surface area (Å²) in [6.45, 7) is 3.39. The van der Waals surface area contributed by atoms with E-state index in [0.29, 0.717) is 28.4 Å². The Kier molecular flexibility index (Phi) is 8.83. The maximum atomic E-state index is 14.0. The number of amides is 2. The number of carbonyl (C=O) groups is 3. The van der Waals surface area contributed by atoms with Crippen LogP contribution in [-0.2, 0) is 14.4 Å². The monoisotopic (exact) mass is 562 g/mol. The molecule has 4 unspecified atom stereocenters. The van der Waals surface area contributed by atoms with Gasteiger partial charge < -0.3 is 35.1 Å². The molecule has 4 N–H and O–H groups in total. The van der Waals surface area contributed by atoms with Crippen LogP contribution >= 0.6 is 0 Å².